The quantitative estimate of drug-likeness (QED) is 0.808. The minimum absolute atomic E-state index is 0.0927. The molecule has 0 saturated carbocycles. The first kappa shape index (κ1) is 20.2. The summed E-state index contributed by atoms with van der Waals surface area (Å²) in [5.41, 5.74) is 2.20. The van der Waals surface area contributed by atoms with Crippen LogP contribution in [0.15, 0.2) is 18.2 Å². The Hall–Kier alpha value is -2.57. The summed E-state index contributed by atoms with van der Waals surface area (Å²) in [6.45, 7) is 7.63. The number of halogens is 1. The molecule has 1 N–H and O–H groups in total. The van der Waals surface area contributed by atoms with Gasteiger partial charge in [-0.2, -0.15) is 0 Å². The Morgan fingerprint density at radius 3 is 2.75 bits per heavy atom. The van der Waals surface area contributed by atoms with Gasteiger partial charge < -0.3 is 19.4 Å². The van der Waals surface area contributed by atoms with E-state index in [1.807, 2.05) is 25.3 Å². The minimum atomic E-state index is -0.567. The van der Waals surface area contributed by atoms with E-state index in [4.69, 9.17) is 9.47 Å². The molecule has 0 radical (unpaired) electrons. The molecule has 1 aliphatic carbocycles. The average Bonchev–Trinajstić information content (AvgIpc) is 2.86. The molecule has 0 saturated heterocycles. The molecular formula is C21H27FN2O4. The summed E-state index contributed by atoms with van der Waals surface area (Å²) in [6.07, 6.45) is 1.49. The van der Waals surface area contributed by atoms with Crippen LogP contribution in [-0.2, 0) is 33.7 Å². The summed E-state index contributed by atoms with van der Waals surface area (Å²) in [7, 11) is 0. The van der Waals surface area contributed by atoms with Gasteiger partial charge in [-0.05, 0) is 70.7 Å². The SMILES string of the molecule is CCOC(=O)Cn1c2c(c3cc(F)ccc31)C[C@H](NC(=O)OC(C)(C)C)CC2. The molecule has 28 heavy (non-hydrogen) atoms. The average molecular weight is 390 g/mol. The number of hydrogen-bond donors (Lipinski definition) is 1. The number of hydrogen-bond acceptors (Lipinski definition) is 4. The van der Waals surface area contributed by atoms with Crippen LogP contribution in [0.5, 0.6) is 0 Å². The number of alkyl carbamates (subject to hydrolysis) is 1. The first-order valence-electron chi connectivity index (χ1n) is 9.62. The van der Waals surface area contributed by atoms with Gasteiger partial charge in [-0.15, -0.1) is 0 Å². The Bertz CT molecular complexity index is 898. The summed E-state index contributed by atoms with van der Waals surface area (Å²) in [6, 6.07) is 4.48. The van der Waals surface area contributed by atoms with E-state index in [0.717, 1.165) is 22.2 Å². The van der Waals surface area contributed by atoms with Gasteiger partial charge in [0, 0.05) is 22.6 Å². The van der Waals surface area contributed by atoms with Gasteiger partial charge in [0.15, 0.2) is 0 Å². The second-order valence-corrected chi connectivity index (χ2v) is 8.06. The Morgan fingerprint density at radius 2 is 2.07 bits per heavy atom. The number of amides is 1. The first-order chi connectivity index (χ1) is 13.2. The molecule has 6 nitrogen and oxygen atoms in total. The lowest BCUT2D eigenvalue weighted by Gasteiger charge is -2.27. The summed E-state index contributed by atoms with van der Waals surface area (Å²) in [4.78, 5) is 24.2. The third kappa shape index (κ3) is 4.46. The van der Waals surface area contributed by atoms with Gasteiger partial charge in [-0.3, -0.25) is 4.79 Å². The molecule has 152 valence electrons. The monoisotopic (exact) mass is 390 g/mol. The predicted octanol–water partition coefficient (Wildman–Crippen LogP) is 3.73. The van der Waals surface area contributed by atoms with Gasteiger partial charge in [0.05, 0.1) is 6.61 Å². The summed E-state index contributed by atoms with van der Waals surface area (Å²) >= 11 is 0. The number of aromatic nitrogens is 1. The first-order valence-corrected chi connectivity index (χ1v) is 9.62. The van der Waals surface area contributed by atoms with Crippen molar-refractivity contribution in [2.75, 3.05) is 6.61 Å². The van der Waals surface area contributed by atoms with Crippen molar-refractivity contribution in [3.63, 3.8) is 0 Å². The maximum Gasteiger partial charge on any atom is 0.407 e. The van der Waals surface area contributed by atoms with Crippen LogP contribution in [0.1, 0.15) is 45.4 Å². The molecule has 0 fully saturated rings. The normalized spacial score (nSPS) is 16.5. The Labute approximate surface area is 164 Å². The molecule has 3 rings (SSSR count). The molecule has 1 amide bonds. The van der Waals surface area contributed by atoms with E-state index in [9.17, 15) is 14.0 Å². The molecule has 0 bridgehead atoms. The van der Waals surface area contributed by atoms with E-state index < -0.39 is 11.7 Å². The number of rotatable bonds is 4. The molecule has 1 aromatic heterocycles. The molecule has 7 heteroatoms. The number of carbonyl (C=O) groups excluding carboxylic acids is 2. The van der Waals surface area contributed by atoms with Crippen molar-refractivity contribution in [1.82, 2.24) is 9.88 Å². The lowest BCUT2D eigenvalue weighted by Crippen LogP contribution is -2.42. The highest BCUT2D eigenvalue weighted by Crippen LogP contribution is 2.33. The molecule has 0 aliphatic heterocycles. The summed E-state index contributed by atoms with van der Waals surface area (Å²) in [5.74, 6) is -0.647. The van der Waals surface area contributed by atoms with E-state index in [-0.39, 0.29) is 24.4 Å². The maximum atomic E-state index is 13.9. The smallest absolute Gasteiger partial charge is 0.407 e. The van der Waals surface area contributed by atoms with Crippen molar-refractivity contribution in [1.29, 1.82) is 0 Å². The molecule has 1 heterocycles. The molecule has 0 unspecified atom stereocenters. The van der Waals surface area contributed by atoms with E-state index in [1.54, 1.807) is 13.0 Å². The lowest BCUT2D eigenvalue weighted by molar-refractivity contribution is -0.143. The van der Waals surface area contributed by atoms with Gasteiger partial charge in [0.25, 0.3) is 0 Å². The van der Waals surface area contributed by atoms with E-state index in [2.05, 4.69) is 5.32 Å². The topological polar surface area (TPSA) is 69.6 Å². The van der Waals surface area contributed by atoms with Crippen LogP contribution in [0.2, 0.25) is 0 Å². The third-order valence-corrected chi connectivity index (χ3v) is 4.74. The number of nitrogens with zero attached hydrogens (tertiary/aromatic N) is 1. The minimum Gasteiger partial charge on any atom is -0.465 e. The van der Waals surface area contributed by atoms with Crippen molar-refractivity contribution in [2.24, 2.45) is 0 Å². The van der Waals surface area contributed by atoms with E-state index >= 15 is 0 Å². The van der Waals surface area contributed by atoms with E-state index in [1.165, 1.54) is 12.1 Å². The van der Waals surface area contributed by atoms with Gasteiger partial charge in [-0.1, -0.05) is 0 Å². The number of nitrogens with one attached hydrogen (secondary N) is 1. The van der Waals surface area contributed by atoms with Crippen LogP contribution < -0.4 is 5.32 Å². The fourth-order valence-corrected chi connectivity index (χ4v) is 3.74. The molecule has 1 aliphatic rings. The van der Waals surface area contributed by atoms with Crippen molar-refractivity contribution in [3.8, 4) is 0 Å². The van der Waals surface area contributed by atoms with Crippen LogP contribution in [0.3, 0.4) is 0 Å². The summed E-state index contributed by atoms with van der Waals surface area (Å²) in [5, 5.41) is 3.68. The highest BCUT2D eigenvalue weighted by atomic mass is 19.1. The van der Waals surface area contributed by atoms with Gasteiger partial charge in [0.1, 0.15) is 18.0 Å². The Balaban J connectivity index is 1.89. The fourth-order valence-electron chi connectivity index (χ4n) is 3.74. The van der Waals surface area contributed by atoms with Crippen LogP contribution in [0.25, 0.3) is 10.9 Å². The van der Waals surface area contributed by atoms with Crippen molar-refractivity contribution in [2.45, 2.75) is 65.1 Å². The zero-order chi connectivity index (χ0) is 20.5. The number of benzene rings is 1. The molecule has 0 spiro atoms. The molecular weight excluding hydrogens is 363 g/mol. The number of esters is 1. The highest BCUT2D eigenvalue weighted by molar-refractivity contribution is 5.87. The fraction of sp³-hybridized carbons (Fsp3) is 0.524. The second kappa shape index (κ2) is 7.81. The highest BCUT2D eigenvalue weighted by Gasteiger charge is 2.28. The zero-order valence-corrected chi connectivity index (χ0v) is 16.8. The van der Waals surface area contributed by atoms with Gasteiger partial charge >= 0.3 is 12.1 Å². The third-order valence-electron chi connectivity index (χ3n) is 4.74. The Morgan fingerprint density at radius 1 is 1.32 bits per heavy atom. The number of fused-ring (bicyclic) bond motifs is 3. The second-order valence-electron chi connectivity index (χ2n) is 8.06. The lowest BCUT2D eigenvalue weighted by atomic mass is 9.91. The molecule has 1 aromatic carbocycles. The van der Waals surface area contributed by atoms with Crippen LogP contribution in [0, 0.1) is 5.82 Å². The predicted molar refractivity (Wildman–Crippen MR) is 104 cm³/mol. The van der Waals surface area contributed by atoms with Crippen LogP contribution in [-0.4, -0.2) is 34.9 Å². The van der Waals surface area contributed by atoms with Gasteiger partial charge in [0.2, 0.25) is 0 Å². The van der Waals surface area contributed by atoms with Gasteiger partial charge in [-0.25, -0.2) is 9.18 Å². The van der Waals surface area contributed by atoms with Crippen molar-refractivity contribution < 1.29 is 23.5 Å². The maximum absolute atomic E-state index is 13.9. The standard InChI is InChI=1S/C21H27FN2O4/c1-5-27-19(25)12-24-17-8-6-13(22)10-15(17)16-11-14(7-9-18(16)24)23-20(26)28-21(2,3)4/h6,8,10,14H,5,7,9,11-12H2,1-4H3,(H,23,26)/t14-/m1/s1. The summed E-state index contributed by atoms with van der Waals surface area (Å²) < 4.78 is 26.2. The molecule has 2 aromatic rings. The number of ether oxygens (including phenoxy) is 2. The largest absolute Gasteiger partial charge is 0.465 e. The van der Waals surface area contributed by atoms with Crippen LogP contribution >= 0.6 is 0 Å². The van der Waals surface area contributed by atoms with E-state index in [0.29, 0.717) is 25.9 Å². The molecule has 1 atom stereocenters. The Kier molecular flexibility index (Phi) is 5.63. The number of carbonyl (C=O) groups is 2. The zero-order valence-electron chi connectivity index (χ0n) is 16.8. The van der Waals surface area contributed by atoms with Crippen LogP contribution in [0.4, 0.5) is 9.18 Å². The van der Waals surface area contributed by atoms with Crippen molar-refractivity contribution >= 4 is 23.0 Å². The van der Waals surface area contributed by atoms with Crippen molar-refractivity contribution in [3.05, 3.63) is 35.3 Å².